The van der Waals surface area contributed by atoms with Crippen LogP contribution in [0.3, 0.4) is 0 Å². The quantitative estimate of drug-likeness (QED) is 0.767. The van der Waals surface area contributed by atoms with Gasteiger partial charge in [0, 0.05) is 35.3 Å². The Balaban J connectivity index is 2.24. The standard InChI is InChI=1S/C14H19NOS/c1-3-12-10-15(8-9-17-12)14-7-5-4-6-13(14)11(2)16/h4-7,12H,3,8-10H2,1-2H3. The fourth-order valence-corrected chi connectivity index (χ4v) is 3.41. The maximum absolute atomic E-state index is 11.6. The van der Waals surface area contributed by atoms with Crippen LogP contribution in [0.2, 0.25) is 0 Å². The van der Waals surface area contributed by atoms with Gasteiger partial charge in [0.25, 0.3) is 0 Å². The van der Waals surface area contributed by atoms with Crippen LogP contribution in [-0.2, 0) is 0 Å². The van der Waals surface area contributed by atoms with Crippen LogP contribution in [0.15, 0.2) is 24.3 Å². The Bertz CT molecular complexity index is 405. The largest absolute Gasteiger partial charge is 0.369 e. The minimum absolute atomic E-state index is 0.159. The Morgan fingerprint density at radius 2 is 2.24 bits per heavy atom. The van der Waals surface area contributed by atoms with Crippen molar-refractivity contribution in [1.82, 2.24) is 0 Å². The molecule has 0 spiro atoms. The number of benzene rings is 1. The lowest BCUT2D eigenvalue weighted by Crippen LogP contribution is -2.38. The molecular formula is C14H19NOS. The van der Waals surface area contributed by atoms with Crippen molar-refractivity contribution in [3.05, 3.63) is 29.8 Å². The van der Waals surface area contributed by atoms with Gasteiger partial charge in [-0.05, 0) is 25.5 Å². The average Bonchev–Trinajstić information content (AvgIpc) is 2.39. The Hall–Kier alpha value is -0.960. The summed E-state index contributed by atoms with van der Waals surface area (Å²) in [4.78, 5) is 14.0. The molecule has 0 N–H and O–H groups in total. The molecule has 0 aromatic heterocycles. The highest BCUT2D eigenvalue weighted by atomic mass is 32.2. The molecule has 3 heteroatoms. The summed E-state index contributed by atoms with van der Waals surface area (Å²) >= 11 is 2.05. The number of ketones is 1. The zero-order valence-corrected chi connectivity index (χ0v) is 11.3. The fourth-order valence-electron chi connectivity index (χ4n) is 2.23. The van der Waals surface area contributed by atoms with Gasteiger partial charge in [-0.3, -0.25) is 4.79 Å². The van der Waals surface area contributed by atoms with Crippen molar-refractivity contribution in [2.45, 2.75) is 25.5 Å². The highest BCUT2D eigenvalue weighted by molar-refractivity contribution is 8.00. The van der Waals surface area contributed by atoms with Crippen LogP contribution in [0.1, 0.15) is 30.6 Å². The van der Waals surface area contributed by atoms with E-state index in [0.717, 1.165) is 30.1 Å². The van der Waals surface area contributed by atoms with E-state index in [1.807, 2.05) is 30.0 Å². The predicted molar refractivity (Wildman–Crippen MR) is 75.2 cm³/mol. The van der Waals surface area contributed by atoms with E-state index in [0.29, 0.717) is 5.25 Å². The van der Waals surface area contributed by atoms with E-state index in [4.69, 9.17) is 0 Å². The molecule has 1 aliphatic rings. The van der Waals surface area contributed by atoms with Gasteiger partial charge in [-0.1, -0.05) is 19.1 Å². The van der Waals surface area contributed by atoms with Crippen molar-refractivity contribution < 1.29 is 4.79 Å². The van der Waals surface area contributed by atoms with Crippen molar-refractivity contribution in [2.24, 2.45) is 0 Å². The van der Waals surface area contributed by atoms with Crippen molar-refractivity contribution in [3.63, 3.8) is 0 Å². The molecule has 2 nitrogen and oxygen atoms in total. The Labute approximate surface area is 107 Å². The summed E-state index contributed by atoms with van der Waals surface area (Å²) < 4.78 is 0. The van der Waals surface area contributed by atoms with E-state index in [1.165, 1.54) is 6.42 Å². The van der Waals surface area contributed by atoms with Crippen LogP contribution < -0.4 is 4.90 Å². The normalized spacial score (nSPS) is 20.4. The van der Waals surface area contributed by atoms with Gasteiger partial charge >= 0.3 is 0 Å². The number of carbonyl (C=O) groups excluding carboxylic acids is 1. The highest BCUT2D eigenvalue weighted by Crippen LogP contribution is 2.28. The third kappa shape index (κ3) is 2.83. The molecule has 0 aliphatic carbocycles. The maximum Gasteiger partial charge on any atom is 0.161 e. The maximum atomic E-state index is 11.6. The number of carbonyl (C=O) groups is 1. The molecule has 1 atom stereocenters. The Kier molecular flexibility index (Phi) is 4.11. The molecule has 0 bridgehead atoms. The lowest BCUT2D eigenvalue weighted by molar-refractivity contribution is 0.101. The number of anilines is 1. The van der Waals surface area contributed by atoms with Gasteiger partial charge in [0.2, 0.25) is 0 Å². The van der Waals surface area contributed by atoms with Crippen molar-refractivity contribution in [2.75, 3.05) is 23.7 Å². The fraction of sp³-hybridized carbons (Fsp3) is 0.500. The van der Waals surface area contributed by atoms with Crippen molar-refractivity contribution in [1.29, 1.82) is 0 Å². The van der Waals surface area contributed by atoms with Gasteiger partial charge in [0.05, 0.1) is 0 Å². The zero-order chi connectivity index (χ0) is 12.3. The first-order chi connectivity index (χ1) is 8.22. The van der Waals surface area contributed by atoms with Gasteiger partial charge in [0.1, 0.15) is 0 Å². The first-order valence-electron chi connectivity index (χ1n) is 6.19. The summed E-state index contributed by atoms with van der Waals surface area (Å²) in [5.74, 6) is 1.32. The molecule has 0 amide bonds. The molecule has 1 saturated heterocycles. The van der Waals surface area contributed by atoms with Gasteiger partial charge in [-0.2, -0.15) is 11.8 Å². The zero-order valence-electron chi connectivity index (χ0n) is 10.5. The van der Waals surface area contributed by atoms with E-state index in [9.17, 15) is 4.79 Å². The SMILES string of the molecule is CCC1CN(c2ccccc2C(C)=O)CCS1. The molecule has 1 aromatic carbocycles. The van der Waals surface area contributed by atoms with E-state index in [2.05, 4.69) is 17.9 Å². The van der Waals surface area contributed by atoms with Crippen LogP contribution in [0.25, 0.3) is 0 Å². The average molecular weight is 249 g/mol. The number of Topliss-reactive ketones (excluding diaryl/α,β-unsaturated/α-hetero) is 1. The molecule has 0 saturated carbocycles. The molecule has 1 heterocycles. The Morgan fingerprint density at radius 3 is 2.94 bits per heavy atom. The minimum Gasteiger partial charge on any atom is -0.369 e. The van der Waals surface area contributed by atoms with E-state index in [-0.39, 0.29) is 5.78 Å². The molecule has 1 aromatic rings. The molecule has 1 fully saturated rings. The van der Waals surface area contributed by atoms with Gasteiger partial charge in [0.15, 0.2) is 5.78 Å². The third-order valence-corrected chi connectivity index (χ3v) is 4.59. The van der Waals surface area contributed by atoms with Crippen LogP contribution in [0, 0.1) is 0 Å². The summed E-state index contributed by atoms with van der Waals surface area (Å²) in [5.41, 5.74) is 1.97. The molecule has 92 valence electrons. The van der Waals surface area contributed by atoms with Crippen molar-refractivity contribution in [3.8, 4) is 0 Å². The second-order valence-corrected chi connectivity index (χ2v) is 5.83. The predicted octanol–water partition coefficient (Wildman–Crippen LogP) is 3.22. The summed E-state index contributed by atoms with van der Waals surface area (Å²) in [7, 11) is 0. The lowest BCUT2D eigenvalue weighted by atomic mass is 10.1. The smallest absolute Gasteiger partial charge is 0.161 e. The van der Waals surface area contributed by atoms with Gasteiger partial charge in [-0.15, -0.1) is 0 Å². The summed E-state index contributed by atoms with van der Waals surface area (Å²) in [6.45, 7) is 5.99. The van der Waals surface area contributed by atoms with E-state index >= 15 is 0 Å². The summed E-state index contributed by atoms with van der Waals surface area (Å²) in [6, 6.07) is 7.96. The molecule has 1 unspecified atom stereocenters. The van der Waals surface area contributed by atoms with E-state index in [1.54, 1.807) is 6.92 Å². The summed E-state index contributed by atoms with van der Waals surface area (Å²) in [6.07, 6.45) is 1.20. The monoisotopic (exact) mass is 249 g/mol. The number of rotatable bonds is 3. The number of hydrogen-bond acceptors (Lipinski definition) is 3. The molecule has 0 radical (unpaired) electrons. The van der Waals surface area contributed by atoms with Gasteiger partial charge < -0.3 is 4.90 Å². The molecule has 1 aliphatic heterocycles. The highest BCUT2D eigenvalue weighted by Gasteiger charge is 2.21. The minimum atomic E-state index is 0.159. The van der Waals surface area contributed by atoms with Gasteiger partial charge in [-0.25, -0.2) is 0 Å². The number of para-hydroxylation sites is 1. The number of nitrogens with zero attached hydrogens (tertiary/aromatic N) is 1. The van der Waals surface area contributed by atoms with Crippen molar-refractivity contribution >= 4 is 23.2 Å². The molecule has 17 heavy (non-hydrogen) atoms. The van der Waals surface area contributed by atoms with Crippen LogP contribution in [0.5, 0.6) is 0 Å². The first-order valence-corrected chi connectivity index (χ1v) is 7.23. The second kappa shape index (κ2) is 5.58. The number of hydrogen-bond donors (Lipinski definition) is 0. The van der Waals surface area contributed by atoms with E-state index < -0.39 is 0 Å². The van der Waals surface area contributed by atoms with Crippen LogP contribution in [0.4, 0.5) is 5.69 Å². The molecular weight excluding hydrogens is 230 g/mol. The van der Waals surface area contributed by atoms with Crippen LogP contribution in [-0.4, -0.2) is 29.9 Å². The summed E-state index contributed by atoms with van der Waals surface area (Å²) in [5, 5.41) is 0.698. The number of thioether (sulfide) groups is 1. The van der Waals surface area contributed by atoms with Crippen LogP contribution >= 0.6 is 11.8 Å². The lowest BCUT2D eigenvalue weighted by Gasteiger charge is -2.34. The first kappa shape index (κ1) is 12.5. The Morgan fingerprint density at radius 1 is 1.47 bits per heavy atom. The topological polar surface area (TPSA) is 20.3 Å². The third-order valence-electron chi connectivity index (χ3n) is 3.22. The second-order valence-electron chi connectivity index (χ2n) is 4.42. The molecule has 2 rings (SSSR count).